The number of carbonyl (C=O) groups is 2. The molecule has 0 radical (unpaired) electrons. The highest BCUT2D eigenvalue weighted by Gasteiger charge is 2.19. The number of esters is 1. The van der Waals surface area contributed by atoms with Crippen molar-refractivity contribution in [2.45, 2.75) is 26.7 Å². The maximum absolute atomic E-state index is 12.3. The molecule has 0 saturated carbocycles. The number of carbonyl (C=O) groups excluding carboxylic acids is 2. The molecule has 0 unspecified atom stereocenters. The van der Waals surface area contributed by atoms with Crippen LogP contribution in [0.4, 0.5) is 0 Å². The minimum absolute atomic E-state index is 0.240. The standard InChI is InChI=1S/C19H21N3O3S/c1-4-14-6-8-15(9-7-14)18-21-13(2)17(26-18)19(24)25-12-16(23)22(3)11-5-10-20/h6-9H,4-5,11-12H2,1-3H3. The predicted octanol–water partition coefficient (Wildman–Crippen LogP) is 3.21. The van der Waals surface area contributed by atoms with Crippen LogP contribution in [0.3, 0.4) is 0 Å². The first kappa shape index (κ1) is 19.6. The van der Waals surface area contributed by atoms with Crippen molar-refractivity contribution in [1.82, 2.24) is 9.88 Å². The summed E-state index contributed by atoms with van der Waals surface area (Å²) in [7, 11) is 1.57. The first-order valence-corrected chi connectivity index (χ1v) is 9.12. The van der Waals surface area contributed by atoms with E-state index in [1.54, 1.807) is 14.0 Å². The molecule has 0 fully saturated rings. The fourth-order valence-corrected chi connectivity index (χ4v) is 3.20. The van der Waals surface area contributed by atoms with Crippen molar-refractivity contribution in [2.75, 3.05) is 20.2 Å². The topological polar surface area (TPSA) is 83.3 Å². The summed E-state index contributed by atoms with van der Waals surface area (Å²) in [6.07, 6.45) is 1.20. The third-order valence-corrected chi connectivity index (χ3v) is 5.09. The molecule has 136 valence electrons. The van der Waals surface area contributed by atoms with Crippen LogP contribution in [-0.2, 0) is 16.0 Å². The highest BCUT2D eigenvalue weighted by atomic mass is 32.1. The molecule has 1 heterocycles. The molecule has 0 atom stereocenters. The molecule has 0 aliphatic rings. The summed E-state index contributed by atoms with van der Waals surface area (Å²) in [6.45, 7) is 3.80. The van der Waals surface area contributed by atoms with Crippen LogP contribution in [0.15, 0.2) is 24.3 Å². The fourth-order valence-electron chi connectivity index (χ4n) is 2.24. The van der Waals surface area contributed by atoms with E-state index in [2.05, 4.69) is 11.9 Å². The van der Waals surface area contributed by atoms with Gasteiger partial charge in [-0.05, 0) is 18.9 Å². The van der Waals surface area contributed by atoms with Gasteiger partial charge < -0.3 is 9.64 Å². The van der Waals surface area contributed by atoms with Crippen molar-refractivity contribution in [3.05, 3.63) is 40.4 Å². The van der Waals surface area contributed by atoms with Crippen molar-refractivity contribution >= 4 is 23.2 Å². The molecule has 1 amide bonds. The number of nitriles is 1. The van der Waals surface area contributed by atoms with E-state index < -0.39 is 5.97 Å². The zero-order valence-electron chi connectivity index (χ0n) is 15.1. The van der Waals surface area contributed by atoms with Crippen LogP contribution in [0.1, 0.15) is 34.3 Å². The van der Waals surface area contributed by atoms with Crippen molar-refractivity contribution in [3.63, 3.8) is 0 Å². The van der Waals surface area contributed by atoms with Crippen LogP contribution in [0.5, 0.6) is 0 Å². The van der Waals surface area contributed by atoms with Gasteiger partial charge in [0, 0.05) is 19.2 Å². The Labute approximate surface area is 157 Å². The first-order valence-electron chi connectivity index (χ1n) is 8.31. The second-order valence-electron chi connectivity index (χ2n) is 5.78. The van der Waals surface area contributed by atoms with Crippen LogP contribution >= 0.6 is 11.3 Å². The average molecular weight is 371 g/mol. The lowest BCUT2D eigenvalue weighted by atomic mass is 10.1. The minimum Gasteiger partial charge on any atom is -0.451 e. The van der Waals surface area contributed by atoms with Gasteiger partial charge in [0.05, 0.1) is 18.2 Å². The molecule has 0 aliphatic heterocycles. The Kier molecular flexibility index (Phi) is 6.87. The molecule has 2 rings (SSSR count). The number of hydrogen-bond donors (Lipinski definition) is 0. The molecule has 0 aliphatic carbocycles. The summed E-state index contributed by atoms with van der Waals surface area (Å²) < 4.78 is 5.11. The van der Waals surface area contributed by atoms with Crippen LogP contribution in [-0.4, -0.2) is 42.0 Å². The smallest absolute Gasteiger partial charge is 0.350 e. The van der Waals surface area contributed by atoms with Gasteiger partial charge in [0.25, 0.3) is 5.91 Å². The van der Waals surface area contributed by atoms with Crippen molar-refractivity contribution in [1.29, 1.82) is 5.26 Å². The number of benzene rings is 1. The maximum atomic E-state index is 12.3. The van der Waals surface area contributed by atoms with Crippen molar-refractivity contribution in [3.8, 4) is 16.6 Å². The number of aromatic nitrogens is 1. The molecule has 2 aromatic rings. The second kappa shape index (κ2) is 9.11. The monoisotopic (exact) mass is 371 g/mol. The van der Waals surface area contributed by atoms with Gasteiger partial charge in [-0.3, -0.25) is 4.79 Å². The minimum atomic E-state index is -0.557. The number of hydrogen-bond acceptors (Lipinski definition) is 6. The summed E-state index contributed by atoms with van der Waals surface area (Å²) in [5.41, 5.74) is 2.77. The quantitative estimate of drug-likeness (QED) is 0.698. The molecule has 0 saturated heterocycles. The Morgan fingerprint density at radius 3 is 2.62 bits per heavy atom. The zero-order chi connectivity index (χ0) is 19.1. The van der Waals surface area contributed by atoms with Gasteiger partial charge in [0.1, 0.15) is 9.88 Å². The number of nitrogens with zero attached hydrogens (tertiary/aromatic N) is 3. The van der Waals surface area contributed by atoms with Gasteiger partial charge in [-0.1, -0.05) is 31.2 Å². The second-order valence-corrected chi connectivity index (χ2v) is 6.78. The summed E-state index contributed by atoms with van der Waals surface area (Å²) in [4.78, 5) is 30.4. The van der Waals surface area contributed by atoms with Crippen molar-refractivity contribution in [2.24, 2.45) is 0 Å². The van der Waals surface area contributed by atoms with Gasteiger partial charge in [-0.15, -0.1) is 11.3 Å². The normalized spacial score (nSPS) is 10.2. The number of amides is 1. The van der Waals surface area contributed by atoms with E-state index in [0.29, 0.717) is 17.1 Å². The lowest BCUT2D eigenvalue weighted by molar-refractivity contribution is -0.133. The summed E-state index contributed by atoms with van der Waals surface area (Å²) in [6, 6.07) is 10.0. The molecule has 0 spiro atoms. The molecule has 26 heavy (non-hydrogen) atoms. The Bertz CT molecular complexity index is 822. The van der Waals surface area contributed by atoms with Crippen molar-refractivity contribution < 1.29 is 14.3 Å². The van der Waals surface area contributed by atoms with E-state index in [1.165, 1.54) is 21.8 Å². The van der Waals surface area contributed by atoms with Crippen LogP contribution < -0.4 is 0 Å². The Morgan fingerprint density at radius 1 is 1.31 bits per heavy atom. The van der Waals surface area contributed by atoms with Gasteiger partial charge in [-0.25, -0.2) is 9.78 Å². The van der Waals surface area contributed by atoms with E-state index in [4.69, 9.17) is 10.00 Å². The Hall–Kier alpha value is -2.72. The predicted molar refractivity (Wildman–Crippen MR) is 99.8 cm³/mol. The molecular formula is C19H21N3O3S. The SMILES string of the molecule is CCc1ccc(-c2nc(C)c(C(=O)OCC(=O)N(C)CCC#N)s2)cc1. The molecule has 1 aromatic heterocycles. The highest BCUT2D eigenvalue weighted by molar-refractivity contribution is 7.17. The van der Waals surface area contributed by atoms with Crippen LogP contribution in [0.2, 0.25) is 0 Å². The maximum Gasteiger partial charge on any atom is 0.350 e. The summed E-state index contributed by atoms with van der Waals surface area (Å²) in [5.74, 6) is -0.899. The molecule has 0 bridgehead atoms. The Morgan fingerprint density at radius 2 is 2.00 bits per heavy atom. The summed E-state index contributed by atoms with van der Waals surface area (Å²) in [5, 5.41) is 9.29. The van der Waals surface area contributed by atoms with Gasteiger partial charge in [-0.2, -0.15) is 5.26 Å². The van der Waals surface area contributed by atoms with E-state index in [9.17, 15) is 9.59 Å². The summed E-state index contributed by atoms with van der Waals surface area (Å²) >= 11 is 1.25. The third kappa shape index (κ3) is 4.90. The van der Waals surface area contributed by atoms with E-state index in [1.807, 2.05) is 30.3 Å². The largest absolute Gasteiger partial charge is 0.451 e. The van der Waals surface area contributed by atoms with Gasteiger partial charge >= 0.3 is 5.97 Å². The fraction of sp³-hybridized carbons (Fsp3) is 0.368. The highest BCUT2D eigenvalue weighted by Crippen LogP contribution is 2.28. The number of likely N-dealkylation sites (N-methyl/N-ethyl adjacent to an activating group) is 1. The number of thiazole rings is 1. The third-order valence-electron chi connectivity index (χ3n) is 3.90. The molecular weight excluding hydrogens is 350 g/mol. The number of aryl methyl sites for hydroxylation is 2. The average Bonchev–Trinajstić information content (AvgIpc) is 3.05. The van der Waals surface area contributed by atoms with E-state index in [-0.39, 0.29) is 18.9 Å². The van der Waals surface area contributed by atoms with Crippen LogP contribution in [0, 0.1) is 18.3 Å². The lowest BCUT2D eigenvalue weighted by Gasteiger charge is -2.14. The molecule has 7 heteroatoms. The zero-order valence-corrected chi connectivity index (χ0v) is 15.9. The molecule has 1 aromatic carbocycles. The first-order chi connectivity index (χ1) is 12.5. The van der Waals surface area contributed by atoms with Gasteiger partial charge in [0.15, 0.2) is 6.61 Å². The molecule has 0 N–H and O–H groups in total. The molecule has 6 nitrogen and oxygen atoms in total. The van der Waals surface area contributed by atoms with Crippen LogP contribution in [0.25, 0.3) is 10.6 Å². The number of ether oxygens (including phenoxy) is 1. The van der Waals surface area contributed by atoms with E-state index >= 15 is 0 Å². The van der Waals surface area contributed by atoms with Gasteiger partial charge in [0.2, 0.25) is 0 Å². The Balaban J connectivity index is 2.02. The van der Waals surface area contributed by atoms with E-state index in [0.717, 1.165) is 17.0 Å². The lowest BCUT2D eigenvalue weighted by Crippen LogP contribution is -2.31. The number of rotatable bonds is 7.